The average Bonchev–Trinajstić information content (AvgIpc) is 2.69. The van der Waals surface area contributed by atoms with Crippen LogP contribution in [0.25, 0.3) is 0 Å². The first-order valence-corrected chi connectivity index (χ1v) is 10.5. The molecule has 4 heterocycles. The number of ether oxygens (including phenoxy) is 2. The zero-order valence-electron chi connectivity index (χ0n) is 17.9. The van der Waals surface area contributed by atoms with Gasteiger partial charge in [-0.1, -0.05) is 6.92 Å². The van der Waals surface area contributed by atoms with Gasteiger partial charge in [0.25, 0.3) is 0 Å². The van der Waals surface area contributed by atoms with Gasteiger partial charge < -0.3 is 20.9 Å². The molecule has 3 unspecified atom stereocenters. The van der Waals surface area contributed by atoms with Gasteiger partial charge in [-0.2, -0.15) is 0 Å². The maximum Gasteiger partial charge on any atom is 0.0926 e. The van der Waals surface area contributed by atoms with Crippen molar-refractivity contribution in [2.45, 2.75) is 64.1 Å². The predicted molar refractivity (Wildman–Crippen MR) is 116 cm³/mol. The number of anilines is 2. The van der Waals surface area contributed by atoms with E-state index in [0.29, 0.717) is 5.92 Å². The quantitative estimate of drug-likeness (QED) is 0.778. The monoisotopic (exact) mass is 398 g/mol. The van der Waals surface area contributed by atoms with E-state index in [9.17, 15) is 0 Å². The van der Waals surface area contributed by atoms with E-state index < -0.39 is 0 Å². The number of pyridine rings is 2. The van der Waals surface area contributed by atoms with Crippen LogP contribution >= 0.6 is 0 Å². The molecule has 4 N–H and O–H groups in total. The Bertz CT molecular complexity index is 807. The lowest BCUT2D eigenvalue weighted by atomic mass is 9.83. The predicted octanol–water partition coefficient (Wildman–Crippen LogP) is 4.41. The number of nitrogens with zero attached hydrogens (tertiary/aromatic N) is 2. The van der Waals surface area contributed by atoms with Crippen molar-refractivity contribution in [3.8, 4) is 0 Å². The summed E-state index contributed by atoms with van der Waals surface area (Å²) in [6.07, 6.45) is 12.5. The van der Waals surface area contributed by atoms with E-state index in [1.54, 1.807) is 24.8 Å². The van der Waals surface area contributed by atoms with Gasteiger partial charge in [-0.05, 0) is 64.0 Å². The molecule has 29 heavy (non-hydrogen) atoms. The maximum atomic E-state index is 5.94. The molecule has 2 aromatic rings. The van der Waals surface area contributed by atoms with E-state index in [1.165, 1.54) is 6.42 Å². The summed E-state index contributed by atoms with van der Waals surface area (Å²) in [6.45, 7) is 8.14. The van der Waals surface area contributed by atoms with Crippen molar-refractivity contribution in [1.29, 1.82) is 0 Å². The molecule has 0 bridgehead atoms. The summed E-state index contributed by atoms with van der Waals surface area (Å²) in [5.41, 5.74) is 15.0. The third-order valence-corrected chi connectivity index (χ3v) is 6.08. The molecule has 0 aromatic carbocycles. The zero-order valence-corrected chi connectivity index (χ0v) is 17.9. The van der Waals surface area contributed by atoms with Crippen molar-refractivity contribution in [2.75, 3.05) is 24.7 Å². The Morgan fingerprint density at radius 2 is 1.48 bits per heavy atom. The third kappa shape index (κ3) is 5.06. The SMILES string of the molecule is CC1(c2ccncc2N)CCCCO1.CC1CCOC(C)(c2ccncc2N)C1. The minimum atomic E-state index is -0.231. The summed E-state index contributed by atoms with van der Waals surface area (Å²) in [6, 6.07) is 3.92. The Labute approximate surface area is 174 Å². The zero-order chi connectivity index (χ0) is 20.9. The molecule has 0 spiro atoms. The maximum absolute atomic E-state index is 5.94. The Morgan fingerprint density at radius 1 is 0.897 bits per heavy atom. The molecule has 0 amide bonds. The molecule has 158 valence electrons. The fraction of sp³-hybridized carbons (Fsp3) is 0.565. The average molecular weight is 399 g/mol. The van der Waals surface area contributed by atoms with Gasteiger partial charge in [0.2, 0.25) is 0 Å². The van der Waals surface area contributed by atoms with Crippen molar-refractivity contribution in [3.05, 3.63) is 48.0 Å². The van der Waals surface area contributed by atoms with Gasteiger partial charge in [0, 0.05) is 36.7 Å². The summed E-state index contributed by atoms with van der Waals surface area (Å²) in [5.74, 6) is 0.691. The second-order valence-corrected chi connectivity index (χ2v) is 8.64. The largest absolute Gasteiger partial charge is 0.397 e. The number of hydrogen-bond donors (Lipinski definition) is 2. The van der Waals surface area contributed by atoms with E-state index in [-0.39, 0.29) is 11.2 Å². The number of nitrogen functional groups attached to an aromatic ring is 2. The van der Waals surface area contributed by atoms with Crippen LogP contribution in [-0.4, -0.2) is 23.2 Å². The van der Waals surface area contributed by atoms with Crippen LogP contribution in [0.3, 0.4) is 0 Å². The molecule has 2 aliphatic heterocycles. The van der Waals surface area contributed by atoms with Crippen molar-refractivity contribution in [2.24, 2.45) is 5.92 Å². The summed E-state index contributed by atoms with van der Waals surface area (Å²) >= 11 is 0. The van der Waals surface area contributed by atoms with Gasteiger partial charge in [-0.3, -0.25) is 9.97 Å². The van der Waals surface area contributed by atoms with Crippen molar-refractivity contribution in [1.82, 2.24) is 9.97 Å². The minimum absolute atomic E-state index is 0.203. The minimum Gasteiger partial charge on any atom is -0.397 e. The van der Waals surface area contributed by atoms with Crippen LogP contribution in [0.1, 0.15) is 64.0 Å². The number of aromatic nitrogens is 2. The van der Waals surface area contributed by atoms with Gasteiger partial charge in [-0.25, -0.2) is 0 Å². The van der Waals surface area contributed by atoms with Crippen LogP contribution in [-0.2, 0) is 20.7 Å². The highest BCUT2D eigenvalue weighted by atomic mass is 16.5. The lowest BCUT2D eigenvalue weighted by Gasteiger charge is -2.38. The fourth-order valence-electron chi connectivity index (χ4n) is 4.42. The van der Waals surface area contributed by atoms with E-state index in [1.807, 2.05) is 12.1 Å². The van der Waals surface area contributed by atoms with Crippen molar-refractivity contribution >= 4 is 11.4 Å². The Kier molecular flexibility index (Phi) is 6.75. The summed E-state index contributed by atoms with van der Waals surface area (Å²) < 4.78 is 11.7. The molecule has 0 radical (unpaired) electrons. The van der Waals surface area contributed by atoms with Gasteiger partial charge in [0.1, 0.15) is 0 Å². The molecule has 4 rings (SSSR count). The van der Waals surface area contributed by atoms with Gasteiger partial charge in [0.05, 0.1) is 35.0 Å². The highest BCUT2D eigenvalue weighted by Crippen LogP contribution is 2.39. The summed E-state index contributed by atoms with van der Waals surface area (Å²) in [7, 11) is 0. The number of nitrogens with two attached hydrogens (primary N) is 2. The topological polar surface area (TPSA) is 96.3 Å². The van der Waals surface area contributed by atoms with E-state index in [4.69, 9.17) is 20.9 Å². The number of hydrogen-bond acceptors (Lipinski definition) is 6. The van der Waals surface area contributed by atoms with Crippen LogP contribution in [0, 0.1) is 5.92 Å². The molecule has 6 heteroatoms. The molecule has 2 aliphatic rings. The second-order valence-electron chi connectivity index (χ2n) is 8.64. The lowest BCUT2D eigenvalue weighted by molar-refractivity contribution is -0.0870. The molecule has 2 saturated heterocycles. The Morgan fingerprint density at radius 3 is 2.00 bits per heavy atom. The summed E-state index contributed by atoms with van der Waals surface area (Å²) in [4.78, 5) is 8.00. The fourth-order valence-corrected chi connectivity index (χ4v) is 4.42. The first kappa shape index (κ1) is 21.5. The molecule has 3 atom stereocenters. The first-order chi connectivity index (χ1) is 13.8. The smallest absolute Gasteiger partial charge is 0.0926 e. The van der Waals surface area contributed by atoms with E-state index >= 15 is 0 Å². The highest BCUT2D eigenvalue weighted by molar-refractivity contribution is 5.48. The van der Waals surface area contributed by atoms with Gasteiger partial charge in [0.15, 0.2) is 0 Å². The standard InChI is InChI=1S/C12H18N2O.C11H16N2O/c1-9-4-6-15-12(2,7-9)10-3-5-14-8-11(10)13;1-11(5-2-3-7-14-11)9-4-6-13-8-10(9)12/h3,5,8-9H,4,6-7,13H2,1-2H3;4,6,8H,2-3,5,7,12H2,1H3. The van der Waals surface area contributed by atoms with Gasteiger partial charge in [-0.15, -0.1) is 0 Å². The first-order valence-electron chi connectivity index (χ1n) is 10.5. The third-order valence-electron chi connectivity index (χ3n) is 6.08. The van der Waals surface area contributed by atoms with Crippen LogP contribution in [0.4, 0.5) is 11.4 Å². The van der Waals surface area contributed by atoms with Crippen LogP contribution < -0.4 is 11.5 Å². The second kappa shape index (κ2) is 9.09. The molecule has 6 nitrogen and oxygen atoms in total. The summed E-state index contributed by atoms with van der Waals surface area (Å²) in [5, 5.41) is 0. The molecular weight excluding hydrogens is 364 g/mol. The molecule has 0 saturated carbocycles. The van der Waals surface area contributed by atoms with Crippen molar-refractivity contribution < 1.29 is 9.47 Å². The Hall–Kier alpha value is -2.18. The van der Waals surface area contributed by atoms with E-state index in [0.717, 1.165) is 61.4 Å². The molecule has 2 aromatic heterocycles. The number of rotatable bonds is 2. The molecule has 0 aliphatic carbocycles. The van der Waals surface area contributed by atoms with E-state index in [2.05, 4.69) is 30.7 Å². The van der Waals surface area contributed by atoms with Crippen LogP contribution in [0.5, 0.6) is 0 Å². The van der Waals surface area contributed by atoms with Crippen LogP contribution in [0.15, 0.2) is 36.9 Å². The molecular formula is C23H34N4O2. The Balaban J connectivity index is 0.000000166. The van der Waals surface area contributed by atoms with Crippen molar-refractivity contribution in [3.63, 3.8) is 0 Å². The molecule has 2 fully saturated rings. The van der Waals surface area contributed by atoms with Gasteiger partial charge >= 0.3 is 0 Å². The van der Waals surface area contributed by atoms with Crippen LogP contribution in [0.2, 0.25) is 0 Å². The highest BCUT2D eigenvalue weighted by Gasteiger charge is 2.34. The normalized spacial score (nSPS) is 29.6. The lowest BCUT2D eigenvalue weighted by Crippen LogP contribution is -2.34.